The van der Waals surface area contributed by atoms with Crippen LogP contribution in [0.1, 0.15) is 29.2 Å². The molecule has 0 radical (unpaired) electrons. The van der Waals surface area contributed by atoms with E-state index in [0.29, 0.717) is 19.7 Å². The van der Waals surface area contributed by atoms with Gasteiger partial charge in [-0.2, -0.15) is 0 Å². The van der Waals surface area contributed by atoms with E-state index in [2.05, 4.69) is 38.1 Å². The number of thiocarbonyl (C=S) groups is 1. The molecule has 1 fully saturated rings. The van der Waals surface area contributed by atoms with Crippen molar-refractivity contribution in [2.75, 3.05) is 20.3 Å². The van der Waals surface area contributed by atoms with E-state index in [9.17, 15) is 0 Å². The van der Waals surface area contributed by atoms with Crippen LogP contribution < -0.4 is 5.32 Å². The monoisotopic (exact) mass is 382 g/mol. The molecule has 0 aromatic carbocycles. The first kappa shape index (κ1) is 17.8. The fraction of sp³-hybridized carbons (Fsp3) is 0.300. The highest BCUT2D eigenvalue weighted by atomic mass is 32.1. The second kappa shape index (κ2) is 7.94. The van der Waals surface area contributed by atoms with Crippen molar-refractivity contribution in [1.82, 2.24) is 19.8 Å². The van der Waals surface area contributed by atoms with Crippen LogP contribution in [-0.2, 0) is 11.3 Å². The summed E-state index contributed by atoms with van der Waals surface area (Å²) < 4.78 is 13.1. The summed E-state index contributed by atoms with van der Waals surface area (Å²) in [6, 6.07) is 14.0. The molecule has 1 aliphatic rings. The number of rotatable bonds is 7. The highest BCUT2D eigenvalue weighted by Gasteiger charge is 2.40. The Hall–Kier alpha value is -2.64. The molecule has 3 aromatic rings. The van der Waals surface area contributed by atoms with Gasteiger partial charge in [0.1, 0.15) is 5.76 Å². The molecule has 0 spiro atoms. The smallest absolute Gasteiger partial charge is 0.170 e. The normalized spacial score (nSPS) is 19.4. The summed E-state index contributed by atoms with van der Waals surface area (Å²) in [5.41, 5.74) is 2.13. The van der Waals surface area contributed by atoms with Crippen LogP contribution in [0.4, 0.5) is 0 Å². The van der Waals surface area contributed by atoms with E-state index >= 15 is 0 Å². The lowest BCUT2D eigenvalue weighted by Crippen LogP contribution is -2.33. The molecule has 1 aliphatic heterocycles. The Kier molecular flexibility index (Phi) is 5.22. The van der Waals surface area contributed by atoms with Crippen LogP contribution in [0, 0.1) is 0 Å². The van der Waals surface area contributed by atoms with Crippen LogP contribution in [0.2, 0.25) is 0 Å². The van der Waals surface area contributed by atoms with E-state index in [1.54, 1.807) is 13.4 Å². The highest BCUT2D eigenvalue weighted by molar-refractivity contribution is 7.80. The standard InChI is InChI=1S/C20H22N4O2S/c1-25-13-11-24-19(18(22-20(24)27)16-7-2-3-9-21-16)17-8-4-10-23(17)14-15-6-5-12-26-15/h2-10,12,18-19H,11,13-14H2,1H3,(H,22,27). The molecule has 2 atom stereocenters. The predicted octanol–water partition coefficient (Wildman–Crippen LogP) is 3.14. The molecule has 2 unspecified atom stereocenters. The first-order chi connectivity index (χ1) is 13.3. The number of pyridine rings is 1. The van der Waals surface area contributed by atoms with Crippen molar-refractivity contribution in [2.45, 2.75) is 18.6 Å². The van der Waals surface area contributed by atoms with Gasteiger partial charge < -0.3 is 23.9 Å². The van der Waals surface area contributed by atoms with E-state index in [1.807, 2.05) is 36.5 Å². The topological polar surface area (TPSA) is 55.5 Å². The molecule has 1 N–H and O–H groups in total. The van der Waals surface area contributed by atoms with Gasteiger partial charge in [0.05, 0.1) is 37.2 Å². The van der Waals surface area contributed by atoms with Gasteiger partial charge in [0.2, 0.25) is 0 Å². The Morgan fingerprint density at radius 1 is 1.22 bits per heavy atom. The fourth-order valence-corrected chi connectivity index (χ4v) is 3.90. The van der Waals surface area contributed by atoms with Crippen LogP contribution in [0.5, 0.6) is 0 Å². The SMILES string of the molecule is COCCN1C(=S)NC(c2ccccn2)C1c1cccn1Cc1ccco1. The first-order valence-corrected chi connectivity index (χ1v) is 9.33. The van der Waals surface area contributed by atoms with Crippen LogP contribution in [-0.4, -0.2) is 39.8 Å². The molecule has 7 heteroatoms. The molecule has 4 heterocycles. The number of nitrogens with zero attached hydrogens (tertiary/aromatic N) is 3. The molecule has 0 aliphatic carbocycles. The zero-order valence-electron chi connectivity index (χ0n) is 15.1. The largest absolute Gasteiger partial charge is 0.467 e. The number of hydrogen-bond acceptors (Lipinski definition) is 4. The van der Waals surface area contributed by atoms with Gasteiger partial charge in [-0.1, -0.05) is 6.07 Å². The molecule has 4 rings (SSSR count). The number of nitrogens with one attached hydrogen (secondary N) is 1. The average molecular weight is 382 g/mol. The molecule has 0 saturated carbocycles. The number of furan rings is 1. The third-order valence-electron chi connectivity index (χ3n) is 4.81. The van der Waals surface area contributed by atoms with Gasteiger partial charge in [-0.3, -0.25) is 4.98 Å². The van der Waals surface area contributed by atoms with Gasteiger partial charge in [-0.15, -0.1) is 0 Å². The summed E-state index contributed by atoms with van der Waals surface area (Å²) >= 11 is 5.64. The maximum absolute atomic E-state index is 5.64. The van der Waals surface area contributed by atoms with Gasteiger partial charge in [0.15, 0.2) is 5.11 Å². The summed E-state index contributed by atoms with van der Waals surface area (Å²) in [5.74, 6) is 0.916. The zero-order chi connectivity index (χ0) is 18.6. The van der Waals surface area contributed by atoms with Gasteiger partial charge in [0, 0.05) is 31.7 Å². The molecule has 27 heavy (non-hydrogen) atoms. The molecule has 0 amide bonds. The van der Waals surface area contributed by atoms with E-state index in [-0.39, 0.29) is 12.1 Å². The lowest BCUT2D eigenvalue weighted by molar-refractivity contribution is 0.162. The fourth-order valence-electron chi connectivity index (χ4n) is 3.57. The molecule has 6 nitrogen and oxygen atoms in total. The summed E-state index contributed by atoms with van der Waals surface area (Å²) in [6.07, 6.45) is 5.59. The lowest BCUT2D eigenvalue weighted by Gasteiger charge is -2.28. The van der Waals surface area contributed by atoms with Gasteiger partial charge >= 0.3 is 0 Å². The Morgan fingerprint density at radius 2 is 2.15 bits per heavy atom. The molecular weight excluding hydrogens is 360 g/mol. The van der Waals surface area contributed by atoms with E-state index in [1.165, 1.54) is 0 Å². The van der Waals surface area contributed by atoms with Crippen LogP contribution >= 0.6 is 12.2 Å². The summed E-state index contributed by atoms with van der Waals surface area (Å²) in [7, 11) is 1.71. The van der Waals surface area contributed by atoms with Gasteiger partial charge in [-0.25, -0.2) is 0 Å². The van der Waals surface area contributed by atoms with E-state index in [4.69, 9.17) is 21.4 Å². The third kappa shape index (κ3) is 3.61. The van der Waals surface area contributed by atoms with Crippen LogP contribution in [0.15, 0.2) is 65.5 Å². The van der Waals surface area contributed by atoms with Crippen molar-refractivity contribution in [3.05, 3.63) is 78.3 Å². The third-order valence-corrected chi connectivity index (χ3v) is 5.16. The molecule has 3 aromatic heterocycles. The minimum absolute atomic E-state index is 0.0208. The van der Waals surface area contributed by atoms with Gasteiger partial charge in [0.25, 0.3) is 0 Å². The van der Waals surface area contributed by atoms with Crippen molar-refractivity contribution >= 4 is 17.3 Å². The molecular formula is C20H22N4O2S. The lowest BCUT2D eigenvalue weighted by atomic mass is 10.0. The minimum Gasteiger partial charge on any atom is -0.467 e. The van der Waals surface area contributed by atoms with Crippen molar-refractivity contribution in [1.29, 1.82) is 0 Å². The predicted molar refractivity (Wildman–Crippen MR) is 106 cm³/mol. The molecule has 1 saturated heterocycles. The van der Waals surface area contributed by atoms with Crippen molar-refractivity contribution in [3.8, 4) is 0 Å². The molecule has 0 bridgehead atoms. The average Bonchev–Trinajstić information content (AvgIpc) is 3.42. The minimum atomic E-state index is -0.0270. The maximum atomic E-state index is 5.64. The Labute approximate surface area is 163 Å². The summed E-state index contributed by atoms with van der Waals surface area (Å²) in [6.45, 7) is 1.99. The second-order valence-corrected chi connectivity index (χ2v) is 6.84. The Bertz CT molecular complexity index is 879. The van der Waals surface area contributed by atoms with E-state index in [0.717, 1.165) is 22.3 Å². The Morgan fingerprint density at radius 3 is 2.89 bits per heavy atom. The second-order valence-electron chi connectivity index (χ2n) is 6.45. The van der Waals surface area contributed by atoms with E-state index < -0.39 is 0 Å². The first-order valence-electron chi connectivity index (χ1n) is 8.92. The number of ether oxygens (including phenoxy) is 1. The number of hydrogen-bond donors (Lipinski definition) is 1. The zero-order valence-corrected chi connectivity index (χ0v) is 15.9. The quantitative estimate of drug-likeness (QED) is 0.634. The maximum Gasteiger partial charge on any atom is 0.170 e. The van der Waals surface area contributed by atoms with Crippen molar-refractivity contribution in [3.63, 3.8) is 0 Å². The number of methoxy groups -OCH3 is 1. The van der Waals surface area contributed by atoms with Crippen LogP contribution in [0.25, 0.3) is 0 Å². The van der Waals surface area contributed by atoms with Crippen molar-refractivity contribution in [2.24, 2.45) is 0 Å². The molecule has 140 valence electrons. The van der Waals surface area contributed by atoms with Crippen molar-refractivity contribution < 1.29 is 9.15 Å². The van der Waals surface area contributed by atoms with Crippen LogP contribution in [0.3, 0.4) is 0 Å². The van der Waals surface area contributed by atoms with Gasteiger partial charge in [-0.05, 0) is 48.6 Å². The number of aromatic nitrogens is 2. The summed E-state index contributed by atoms with van der Waals surface area (Å²) in [4.78, 5) is 6.75. The highest BCUT2D eigenvalue weighted by Crippen LogP contribution is 2.38. The summed E-state index contributed by atoms with van der Waals surface area (Å²) in [5, 5.41) is 4.18. The Balaban J connectivity index is 1.71.